The molecule has 0 fully saturated rings. The van der Waals surface area contributed by atoms with Crippen LogP contribution in [0.25, 0.3) is 0 Å². The number of esters is 1. The van der Waals surface area contributed by atoms with Crippen LogP contribution in [-0.2, 0) is 4.74 Å². The van der Waals surface area contributed by atoms with Gasteiger partial charge < -0.3 is 4.74 Å². The summed E-state index contributed by atoms with van der Waals surface area (Å²) in [5.41, 5.74) is 2.08. The van der Waals surface area contributed by atoms with Gasteiger partial charge in [-0.1, -0.05) is 18.2 Å². The van der Waals surface area contributed by atoms with Gasteiger partial charge in [0.2, 0.25) is 0 Å². The zero-order chi connectivity index (χ0) is 13.4. The van der Waals surface area contributed by atoms with E-state index in [4.69, 9.17) is 4.74 Å². The average Bonchev–Trinajstić information content (AvgIpc) is 2.77. The lowest BCUT2D eigenvalue weighted by Crippen LogP contribution is -2.00. The first-order valence-electron chi connectivity index (χ1n) is 5.71. The number of rotatable bonds is 2. The number of hydrogen-bond donors (Lipinski definition) is 0. The number of non-ortho nitro benzene ring substituents is 1. The fourth-order valence-corrected chi connectivity index (χ4v) is 2.16. The number of carbonyl (C=O) groups is 1. The molecule has 1 heterocycles. The van der Waals surface area contributed by atoms with E-state index in [1.165, 1.54) is 12.1 Å². The third-order valence-corrected chi connectivity index (χ3v) is 3.09. The molecule has 3 rings (SSSR count). The molecular weight excluding hydrogens is 246 g/mol. The van der Waals surface area contributed by atoms with Crippen LogP contribution in [-0.4, -0.2) is 10.9 Å². The summed E-state index contributed by atoms with van der Waals surface area (Å²) < 4.78 is 5.31. The van der Waals surface area contributed by atoms with Crippen molar-refractivity contribution in [2.45, 2.75) is 6.10 Å². The van der Waals surface area contributed by atoms with Gasteiger partial charge in [-0.05, 0) is 23.8 Å². The molecular formula is C14H9NO4. The standard InChI is InChI=1S/C14H9NO4/c16-14-12-4-2-1-3-11(12)13(19-14)9-5-7-10(8-6-9)15(17)18/h1-8,13H/t13-/m0/s1. The highest BCUT2D eigenvalue weighted by molar-refractivity contribution is 5.94. The fraction of sp³-hybridized carbons (Fsp3) is 0.0714. The molecule has 2 aromatic rings. The first-order valence-corrected chi connectivity index (χ1v) is 5.71. The molecule has 1 atom stereocenters. The van der Waals surface area contributed by atoms with E-state index in [9.17, 15) is 14.9 Å². The number of carbonyl (C=O) groups excluding carboxylic acids is 1. The number of benzene rings is 2. The van der Waals surface area contributed by atoms with Crippen LogP contribution in [0.1, 0.15) is 27.6 Å². The van der Waals surface area contributed by atoms with Crippen LogP contribution in [0.4, 0.5) is 5.69 Å². The molecule has 0 saturated carbocycles. The van der Waals surface area contributed by atoms with Crippen molar-refractivity contribution in [1.82, 2.24) is 0 Å². The number of hydrogen-bond acceptors (Lipinski definition) is 4. The maximum atomic E-state index is 11.7. The van der Waals surface area contributed by atoms with Crippen LogP contribution in [0.3, 0.4) is 0 Å². The molecule has 0 spiro atoms. The van der Waals surface area contributed by atoms with Crippen molar-refractivity contribution in [2.75, 3.05) is 0 Å². The van der Waals surface area contributed by atoms with Gasteiger partial charge in [0.05, 0.1) is 10.5 Å². The highest BCUT2D eigenvalue weighted by Crippen LogP contribution is 2.35. The maximum Gasteiger partial charge on any atom is 0.339 e. The van der Waals surface area contributed by atoms with Crippen LogP contribution in [0.15, 0.2) is 48.5 Å². The topological polar surface area (TPSA) is 69.4 Å². The number of nitro benzene ring substituents is 1. The molecule has 5 heteroatoms. The van der Waals surface area contributed by atoms with Crippen molar-refractivity contribution in [3.8, 4) is 0 Å². The Labute approximate surface area is 108 Å². The predicted molar refractivity (Wildman–Crippen MR) is 66.8 cm³/mol. The molecule has 0 radical (unpaired) electrons. The molecule has 0 aliphatic carbocycles. The largest absolute Gasteiger partial charge is 0.449 e. The van der Waals surface area contributed by atoms with Gasteiger partial charge in [0.1, 0.15) is 0 Å². The monoisotopic (exact) mass is 255 g/mol. The van der Waals surface area contributed by atoms with E-state index >= 15 is 0 Å². The van der Waals surface area contributed by atoms with Gasteiger partial charge in [-0.3, -0.25) is 10.1 Å². The van der Waals surface area contributed by atoms with E-state index in [-0.39, 0.29) is 11.7 Å². The third kappa shape index (κ3) is 1.85. The first-order chi connectivity index (χ1) is 9.16. The normalized spacial score (nSPS) is 16.8. The van der Waals surface area contributed by atoms with Gasteiger partial charge in [0, 0.05) is 17.7 Å². The second-order valence-electron chi connectivity index (χ2n) is 4.22. The molecule has 5 nitrogen and oxygen atoms in total. The zero-order valence-electron chi connectivity index (χ0n) is 9.78. The highest BCUT2D eigenvalue weighted by Gasteiger charge is 2.31. The van der Waals surface area contributed by atoms with Crippen LogP contribution in [0, 0.1) is 10.1 Å². The van der Waals surface area contributed by atoms with Gasteiger partial charge in [-0.2, -0.15) is 0 Å². The highest BCUT2D eigenvalue weighted by atomic mass is 16.6. The number of cyclic esters (lactones) is 1. The van der Waals surface area contributed by atoms with Gasteiger partial charge in [-0.25, -0.2) is 4.79 Å². The van der Waals surface area contributed by atoms with E-state index in [1.807, 2.05) is 12.1 Å². The molecule has 1 aliphatic rings. The lowest BCUT2D eigenvalue weighted by Gasteiger charge is -2.10. The van der Waals surface area contributed by atoms with E-state index in [0.717, 1.165) is 11.1 Å². The Kier molecular flexibility index (Phi) is 2.52. The minimum atomic E-state index is -0.482. The van der Waals surface area contributed by atoms with Crippen molar-refractivity contribution in [3.63, 3.8) is 0 Å². The number of fused-ring (bicyclic) bond motifs is 1. The fourth-order valence-electron chi connectivity index (χ4n) is 2.16. The predicted octanol–water partition coefficient (Wildman–Crippen LogP) is 2.85. The Bertz CT molecular complexity index is 663. The molecule has 19 heavy (non-hydrogen) atoms. The Morgan fingerprint density at radius 1 is 1.05 bits per heavy atom. The lowest BCUT2D eigenvalue weighted by atomic mass is 9.99. The summed E-state index contributed by atoms with van der Waals surface area (Å²) >= 11 is 0. The molecule has 0 N–H and O–H groups in total. The van der Waals surface area contributed by atoms with Crippen molar-refractivity contribution < 1.29 is 14.5 Å². The lowest BCUT2D eigenvalue weighted by molar-refractivity contribution is -0.384. The van der Waals surface area contributed by atoms with Crippen LogP contribution < -0.4 is 0 Å². The minimum absolute atomic E-state index is 0.0151. The van der Waals surface area contributed by atoms with Gasteiger partial charge in [0.15, 0.2) is 6.10 Å². The second kappa shape index (κ2) is 4.20. The summed E-state index contributed by atoms with van der Waals surface area (Å²) in [6, 6.07) is 13.2. The van der Waals surface area contributed by atoms with Crippen molar-refractivity contribution >= 4 is 11.7 Å². The number of ether oxygens (including phenoxy) is 1. The maximum absolute atomic E-state index is 11.7. The Morgan fingerprint density at radius 2 is 1.74 bits per heavy atom. The molecule has 0 saturated heterocycles. The first kappa shape index (κ1) is 11.4. The van der Waals surface area contributed by atoms with Crippen molar-refractivity contribution in [3.05, 3.63) is 75.3 Å². The van der Waals surface area contributed by atoms with Crippen molar-refractivity contribution in [1.29, 1.82) is 0 Å². The van der Waals surface area contributed by atoms with Gasteiger partial charge in [-0.15, -0.1) is 0 Å². The average molecular weight is 255 g/mol. The molecule has 2 aromatic carbocycles. The van der Waals surface area contributed by atoms with Crippen LogP contribution >= 0.6 is 0 Å². The Hall–Kier alpha value is -2.69. The molecule has 0 bridgehead atoms. The summed E-state index contributed by atoms with van der Waals surface area (Å²) in [7, 11) is 0. The quantitative estimate of drug-likeness (QED) is 0.470. The van der Waals surface area contributed by atoms with Crippen molar-refractivity contribution in [2.24, 2.45) is 0 Å². The number of nitrogens with zero attached hydrogens (tertiary/aromatic N) is 1. The Balaban J connectivity index is 2.00. The smallest absolute Gasteiger partial charge is 0.339 e. The van der Waals surface area contributed by atoms with E-state index in [2.05, 4.69) is 0 Å². The van der Waals surface area contributed by atoms with Gasteiger partial charge in [0.25, 0.3) is 5.69 Å². The third-order valence-electron chi connectivity index (χ3n) is 3.09. The van der Waals surface area contributed by atoms with Crippen LogP contribution in [0.5, 0.6) is 0 Å². The Morgan fingerprint density at radius 3 is 2.42 bits per heavy atom. The molecule has 94 valence electrons. The molecule has 0 aromatic heterocycles. The number of nitro groups is 1. The van der Waals surface area contributed by atoms with E-state index in [0.29, 0.717) is 5.56 Å². The molecule has 0 unspecified atom stereocenters. The van der Waals surface area contributed by atoms with Crippen LogP contribution in [0.2, 0.25) is 0 Å². The molecule has 0 amide bonds. The molecule has 1 aliphatic heterocycles. The SMILES string of the molecule is O=C1O[C@@H](c2ccc([N+](=O)[O-])cc2)c2ccccc21. The van der Waals surface area contributed by atoms with E-state index in [1.54, 1.807) is 24.3 Å². The van der Waals surface area contributed by atoms with E-state index < -0.39 is 11.0 Å². The van der Waals surface area contributed by atoms with Gasteiger partial charge >= 0.3 is 5.97 Å². The minimum Gasteiger partial charge on any atom is -0.449 e. The zero-order valence-corrected chi connectivity index (χ0v) is 9.78. The summed E-state index contributed by atoms with van der Waals surface area (Å²) in [5, 5.41) is 10.6. The summed E-state index contributed by atoms with van der Waals surface area (Å²) in [6.07, 6.45) is -0.482. The summed E-state index contributed by atoms with van der Waals surface area (Å²) in [5.74, 6) is -0.362. The summed E-state index contributed by atoms with van der Waals surface area (Å²) in [6.45, 7) is 0. The second-order valence-corrected chi connectivity index (χ2v) is 4.22. The summed E-state index contributed by atoms with van der Waals surface area (Å²) in [4.78, 5) is 21.8.